The normalized spacial score (nSPS) is 11.6. The van der Waals surface area contributed by atoms with Crippen LogP contribution in [0.1, 0.15) is 0 Å². The molecule has 61 heavy (non-hydrogen) atoms. The fraction of sp³-hybridized carbons (Fsp3) is 0. The molecule has 10 aromatic carbocycles. The quantitative estimate of drug-likeness (QED) is 0.161. The maximum absolute atomic E-state index is 6.37. The van der Waals surface area contributed by atoms with E-state index in [1.54, 1.807) is 0 Å². The van der Waals surface area contributed by atoms with Gasteiger partial charge >= 0.3 is 0 Å². The smallest absolute Gasteiger partial charge is 0.136 e. The minimum Gasteiger partial charge on any atom is -0.456 e. The Morgan fingerprint density at radius 2 is 0.672 bits per heavy atom. The third-order valence-electron chi connectivity index (χ3n) is 12.0. The number of anilines is 3. The highest BCUT2D eigenvalue weighted by molar-refractivity contribution is 6.07. The molecule has 286 valence electrons. The molecule has 0 N–H and O–H groups in total. The van der Waals surface area contributed by atoms with Gasteiger partial charge in [-0.3, -0.25) is 0 Å². The summed E-state index contributed by atoms with van der Waals surface area (Å²) in [4.78, 5) is 2.34. The van der Waals surface area contributed by atoms with Gasteiger partial charge in [0.15, 0.2) is 0 Å². The van der Waals surface area contributed by atoms with Gasteiger partial charge in [0.05, 0.1) is 0 Å². The van der Waals surface area contributed by atoms with Crippen molar-refractivity contribution in [2.45, 2.75) is 0 Å². The average molecular weight is 780 g/mol. The summed E-state index contributed by atoms with van der Waals surface area (Å²) in [6, 6.07) is 80.2. The highest BCUT2D eigenvalue weighted by Crippen LogP contribution is 2.41. The highest BCUT2D eigenvalue weighted by atomic mass is 16.3. The zero-order valence-corrected chi connectivity index (χ0v) is 33.1. The van der Waals surface area contributed by atoms with Crippen molar-refractivity contribution in [3.63, 3.8) is 0 Å². The van der Waals surface area contributed by atoms with E-state index in [-0.39, 0.29) is 0 Å². The van der Waals surface area contributed by atoms with Gasteiger partial charge in [0.2, 0.25) is 0 Å². The van der Waals surface area contributed by atoms with Gasteiger partial charge in [0.1, 0.15) is 22.3 Å². The van der Waals surface area contributed by atoms with E-state index in [2.05, 4.69) is 205 Å². The molecule has 2 aromatic heterocycles. The van der Waals surface area contributed by atoms with E-state index < -0.39 is 0 Å². The van der Waals surface area contributed by atoms with Crippen LogP contribution < -0.4 is 4.90 Å². The van der Waals surface area contributed by atoms with Crippen molar-refractivity contribution in [3.8, 4) is 44.5 Å². The Morgan fingerprint density at radius 1 is 0.230 bits per heavy atom. The molecule has 2 heterocycles. The van der Waals surface area contributed by atoms with E-state index in [9.17, 15) is 0 Å². The van der Waals surface area contributed by atoms with Gasteiger partial charge in [0.25, 0.3) is 0 Å². The first kappa shape index (κ1) is 34.9. The second-order valence-electron chi connectivity index (χ2n) is 15.8. The molecule has 0 aliphatic carbocycles. The van der Waals surface area contributed by atoms with E-state index in [0.717, 1.165) is 105 Å². The second-order valence-corrected chi connectivity index (χ2v) is 15.8. The first-order chi connectivity index (χ1) is 30.2. The Hall–Kier alpha value is -8.14. The van der Waals surface area contributed by atoms with E-state index >= 15 is 0 Å². The lowest BCUT2D eigenvalue weighted by Gasteiger charge is -2.26. The molecule has 0 amide bonds. The predicted molar refractivity (Wildman–Crippen MR) is 255 cm³/mol. The molecule has 0 spiro atoms. The zero-order valence-electron chi connectivity index (χ0n) is 33.1. The van der Waals surface area contributed by atoms with Crippen molar-refractivity contribution in [1.29, 1.82) is 0 Å². The van der Waals surface area contributed by atoms with Crippen molar-refractivity contribution in [2.75, 3.05) is 4.90 Å². The molecule has 0 radical (unpaired) electrons. The second kappa shape index (κ2) is 14.3. The number of hydrogen-bond donors (Lipinski definition) is 0. The maximum atomic E-state index is 6.37. The fourth-order valence-corrected chi connectivity index (χ4v) is 8.98. The summed E-state index contributed by atoms with van der Waals surface area (Å²) in [7, 11) is 0. The first-order valence-corrected chi connectivity index (χ1v) is 20.7. The van der Waals surface area contributed by atoms with Gasteiger partial charge < -0.3 is 13.7 Å². The number of nitrogens with zero attached hydrogens (tertiary/aromatic N) is 1. The summed E-state index contributed by atoms with van der Waals surface area (Å²) < 4.78 is 12.7. The lowest BCUT2D eigenvalue weighted by atomic mass is 9.91. The molecular formula is C58H37NO2. The van der Waals surface area contributed by atoms with Crippen LogP contribution in [0.3, 0.4) is 0 Å². The van der Waals surface area contributed by atoms with Crippen LogP contribution in [0.15, 0.2) is 233 Å². The Balaban J connectivity index is 0.980. The molecule has 0 unspecified atom stereocenters. The van der Waals surface area contributed by atoms with E-state index in [1.807, 2.05) is 24.3 Å². The molecular weight excluding hydrogens is 743 g/mol. The Kier molecular flexibility index (Phi) is 8.17. The molecule has 12 aromatic rings. The van der Waals surface area contributed by atoms with Crippen LogP contribution in [-0.4, -0.2) is 0 Å². The third-order valence-corrected chi connectivity index (χ3v) is 12.0. The summed E-state index contributed by atoms with van der Waals surface area (Å²) in [5.74, 6) is 0. The standard InChI is InChI=1S/C58H37NO2/c1-2-17-48(18-3-1)59(50-27-24-38-12-4-5-13-41(38)34-50)49-19-11-16-42(35-49)39-14-10-15-40(30-39)45-31-46(43-25-28-53-51-20-6-8-22-55(51)60-57(53)36-43)33-47(32-45)44-26-29-54-52-21-7-9-23-56(52)61-58(54)37-44/h1-37H. The minimum absolute atomic E-state index is 0.879. The molecule has 3 heteroatoms. The van der Waals surface area contributed by atoms with Crippen LogP contribution in [0, 0.1) is 0 Å². The Labute approximate surface area is 353 Å². The van der Waals surface area contributed by atoms with Gasteiger partial charge in [-0.2, -0.15) is 0 Å². The molecule has 12 rings (SSSR count). The van der Waals surface area contributed by atoms with E-state index in [1.165, 1.54) is 10.8 Å². The Bertz CT molecular complexity index is 3480. The molecule has 0 aliphatic rings. The van der Waals surface area contributed by atoms with E-state index in [0.29, 0.717) is 0 Å². The molecule has 0 atom stereocenters. The number of para-hydroxylation sites is 3. The van der Waals surface area contributed by atoms with Crippen LogP contribution in [0.2, 0.25) is 0 Å². The van der Waals surface area contributed by atoms with Gasteiger partial charge in [-0.05, 0) is 152 Å². The van der Waals surface area contributed by atoms with Crippen LogP contribution in [0.4, 0.5) is 17.1 Å². The maximum Gasteiger partial charge on any atom is 0.136 e. The first-order valence-electron chi connectivity index (χ1n) is 20.7. The summed E-state index contributed by atoms with van der Waals surface area (Å²) in [5.41, 5.74) is 15.8. The summed E-state index contributed by atoms with van der Waals surface area (Å²) in [5, 5.41) is 6.92. The van der Waals surface area contributed by atoms with Crippen LogP contribution in [0.25, 0.3) is 99.2 Å². The van der Waals surface area contributed by atoms with Gasteiger partial charge in [-0.25, -0.2) is 0 Å². The monoisotopic (exact) mass is 779 g/mol. The lowest BCUT2D eigenvalue weighted by molar-refractivity contribution is 0.668. The fourth-order valence-electron chi connectivity index (χ4n) is 8.98. The summed E-state index contributed by atoms with van der Waals surface area (Å²) in [6.45, 7) is 0. The van der Waals surface area contributed by atoms with Crippen molar-refractivity contribution in [2.24, 2.45) is 0 Å². The SMILES string of the molecule is c1ccc(N(c2cccc(-c3cccc(-c4cc(-c5ccc6c(c5)oc5ccccc56)cc(-c5ccc6c(c5)oc5ccccc56)c4)c3)c2)c2ccc3ccccc3c2)cc1. The zero-order chi connectivity index (χ0) is 40.3. The van der Waals surface area contributed by atoms with E-state index in [4.69, 9.17) is 8.83 Å². The number of furan rings is 2. The van der Waals surface area contributed by atoms with Gasteiger partial charge in [-0.1, -0.05) is 127 Å². The molecule has 3 nitrogen and oxygen atoms in total. The largest absolute Gasteiger partial charge is 0.456 e. The average Bonchev–Trinajstić information content (AvgIpc) is 3.90. The van der Waals surface area contributed by atoms with Gasteiger partial charge in [0, 0.05) is 38.6 Å². The molecule has 0 fully saturated rings. The van der Waals surface area contributed by atoms with Crippen LogP contribution >= 0.6 is 0 Å². The highest BCUT2D eigenvalue weighted by Gasteiger charge is 2.16. The summed E-state index contributed by atoms with van der Waals surface area (Å²) >= 11 is 0. The molecule has 0 aliphatic heterocycles. The number of rotatable bonds is 7. The number of hydrogen-bond acceptors (Lipinski definition) is 3. The van der Waals surface area contributed by atoms with Crippen molar-refractivity contribution < 1.29 is 8.83 Å². The van der Waals surface area contributed by atoms with Crippen LogP contribution in [-0.2, 0) is 0 Å². The van der Waals surface area contributed by atoms with Crippen molar-refractivity contribution in [3.05, 3.63) is 224 Å². The molecule has 0 bridgehead atoms. The third kappa shape index (κ3) is 6.23. The lowest BCUT2D eigenvalue weighted by Crippen LogP contribution is -2.09. The van der Waals surface area contributed by atoms with Crippen molar-refractivity contribution >= 4 is 71.7 Å². The number of fused-ring (bicyclic) bond motifs is 7. The minimum atomic E-state index is 0.879. The summed E-state index contributed by atoms with van der Waals surface area (Å²) in [6.07, 6.45) is 0. The Morgan fingerprint density at radius 3 is 1.31 bits per heavy atom. The molecule has 0 saturated heterocycles. The molecule has 0 saturated carbocycles. The van der Waals surface area contributed by atoms with Crippen LogP contribution in [0.5, 0.6) is 0 Å². The number of benzene rings is 10. The van der Waals surface area contributed by atoms with Gasteiger partial charge in [-0.15, -0.1) is 0 Å². The van der Waals surface area contributed by atoms with Crippen molar-refractivity contribution in [1.82, 2.24) is 0 Å². The topological polar surface area (TPSA) is 29.5 Å². The predicted octanol–water partition coefficient (Wildman–Crippen LogP) is 16.8.